The van der Waals surface area contributed by atoms with Crippen molar-refractivity contribution >= 4 is 33.8 Å². The highest BCUT2D eigenvalue weighted by atomic mass is 127. The smallest absolute Gasteiger partial charge is 0.192 e. The fourth-order valence-corrected chi connectivity index (χ4v) is 1.81. The lowest BCUT2D eigenvalue weighted by molar-refractivity contribution is 0.726. The van der Waals surface area contributed by atoms with Gasteiger partial charge in [-0.25, -0.2) is 0 Å². The summed E-state index contributed by atoms with van der Waals surface area (Å²) in [5.74, 6) is 0.932. The first-order chi connectivity index (χ1) is 6.31. The molecule has 2 aromatic rings. The van der Waals surface area contributed by atoms with Crippen molar-refractivity contribution in [3.8, 4) is 5.75 Å². The van der Waals surface area contributed by atoms with E-state index in [1.165, 1.54) is 16.3 Å². The second kappa shape index (κ2) is 3.54. The number of hydrogen-bond donors (Lipinski definition) is 0. The summed E-state index contributed by atoms with van der Waals surface area (Å²) in [4.78, 5) is 0. The number of aryl methyl sites for hydroxylation is 1. The zero-order valence-corrected chi connectivity index (χ0v) is 9.41. The van der Waals surface area contributed by atoms with Crippen LogP contribution >= 0.6 is 23.0 Å². The first-order valence-electron chi connectivity index (χ1n) is 4.09. The number of halogens is 1. The van der Waals surface area contributed by atoms with Crippen LogP contribution in [0.3, 0.4) is 0 Å². The highest BCUT2D eigenvalue weighted by Gasteiger charge is 2.00. The molecule has 0 aliphatic carbocycles. The monoisotopic (exact) mass is 284 g/mol. The molecule has 2 aromatic carbocycles. The Bertz CT molecular complexity index is 437. The van der Waals surface area contributed by atoms with Crippen molar-refractivity contribution < 1.29 is 3.07 Å². The molecule has 0 saturated carbocycles. The summed E-state index contributed by atoms with van der Waals surface area (Å²) in [5, 5.41) is 2.40. The van der Waals surface area contributed by atoms with E-state index >= 15 is 0 Å². The van der Waals surface area contributed by atoms with Gasteiger partial charge in [-0.3, -0.25) is 0 Å². The van der Waals surface area contributed by atoms with Gasteiger partial charge in [-0.15, -0.1) is 0 Å². The maximum Gasteiger partial charge on any atom is 0.192 e. The summed E-state index contributed by atoms with van der Waals surface area (Å²) >= 11 is 1.91. The van der Waals surface area contributed by atoms with Gasteiger partial charge in [0.2, 0.25) is 0 Å². The lowest BCUT2D eigenvalue weighted by Gasteiger charge is -2.03. The van der Waals surface area contributed by atoms with Crippen molar-refractivity contribution in [1.82, 2.24) is 0 Å². The predicted molar refractivity (Wildman–Crippen MR) is 63.3 cm³/mol. The minimum atomic E-state index is 0.932. The standard InChI is InChI=1S/C11H9IO/c1-8-5-6-9-3-2-4-11(13-12)10(9)7-8/h2-7H,1H3. The molecule has 0 amide bonds. The lowest BCUT2D eigenvalue weighted by Crippen LogP contribution is -1.79. The maximum atomic E-state index is 5.25. The summed E-state index contributed by atoms with van der Waals surface area (Å²) in [7, 11) is 0. The third-order valence-electron chi connectivity index (χ3n) is 2.08. The van der Waals surface area contributed by atoms with E-state index in [0.29, 0.717) is 0 Å². The highest BCUT2D eigenvalue weighted by molar-refractivity contribution is 14.1. The first kappa shape index (κ1) is 8.81. The van der Waals surface area contributed by atoms with Gasteiger partial charge in [0.15, 0.2) is 23.0 Å². The second-order valence-corrected chi connectivity index (χ2v) is 3.50. The summed E-state index contributed by atoms with van der Waals surface area (Å²) in [5.41, 5.74) is 1.26. The Morgan fingerprint density at radius 2 is 2.00 bits per heavy atom. The van der Waals surface area contributed by atoms with Crippen molar-refractivity contribution in [2.45, 2.75) is 6.92 Å². The highest BCUT2D eigenvalue weighted by Crippen LogP contribution is 2.27. The minimum absolute atomic E-state index is 0.932. The minimum Gasteiger partial charge on any atom is -0.427 e. The number of fused-ring (bicyclic) bond motifs is 1. The Kier molecular flexibility index (Phi) is 2.40. The molecule has 0 aromatic heterocycles. The molecule has 13 heavy (non-hydrogen) atoms. The van der Waals surface area contributed by atoms with E-state index in [0.717, 1.165) is 5.75 Å². The quantitative estimate of drug-likeness (QED) is 0.722. The Hall–Kier alpha value is -0.770. The van der Waals surface area contributed by atoms with E-state index in [-0.39, 0.29) is 0 Å². The fraction of sp³-hybridized carbons (Fsp3) is 0.0909. The average molecular weight is 284 g/mol. The molecule has 66 valence electrons. The molecule has 1 nitrogen and oxygen atoms in total. The van der Waals surface area contributed by atoms with Gasteiger partial charge in [0, 0.05) is 5.39 Å². The van der Waals surface area contributed by atoms with Crippen LogP contribution in [0.4, 0.5) is 0 Å². The van der Waals surface area contributed by atoms with Crippen molar-refractivity contribution in [1.29, 1.82) is 0 Å². The van der Waals surface area contributed by atoms with Crippen LogP contribution in [0.25, 0.3) is 10.8 Å². The molecular weight excluding hydrogens is 275 g/mol. The Balaban J connectivity index is 2.79. The zero-order chi connectivity index (χ0) is 9.26. The molecule has 0 aliphatic heterocycles. The molecule has 0 spiro atoms. The fourth-order valence-electron chi connectivity index (χ4n) is 1.43. The SMILES string of the molecule is Cc1ccc2cccc(OI)c2c1. The maximum absolute atomic E-state index is 5.25. The van der Waals surface area contributed by atoms with Gasteiger partial charge in [-0.05, 0) is 24.4 Å². The van der Waals surface area contributed by atoms with Crippen molar-refractivity contribution in [3.63, 3.8) is 0 Å². The number of hydrogen-bond acceptors (Lipinski definition) is 1. The molecule has 0 N–H and O–H groups in total. The Labute approximate surface area is 91.4 Å². The van der Waals surface area contributed by atoms with Gasteiger partial charge in [0.05, 0.1) is 0 Å². The third kappa shape index (κ3) is 1.63. The molecule has 0 unspecified atom stereocenters. The van der Waals surface area contributed by atoms with Crippen molar-refractivity contribution in [2.24, 2.45) is 0 Å². The van der Waals surface area contributed by atoms with Crippen LogP contribution in [0.2, 0.25) is 0 Å². The van der Waals surface area contributed by atoms with Crippen LogP contribution in [0, 0.1) is 6.92 Å². The molecule has 0 fully saturated rings. The van der Waals surface area contributed by atoms with Crippen LogP contribution in [0.5, 0.6) is 5.75 Å². The number of rotatable bonds is 1. The van der Waals surface area contributed by atoms with Gasteiger partial charge in [-0.1, -0.05) is 29.8 Å². The van der Waals surface area contributed by atoms with E-state index in [2.05, 4.69) is 31.2 Å². The largest absolute Gasteiger partial charge is 0.427 e. The van der Waals surface area contributed by atoms with Crippen molar-refractivity contribution in [2.75, 3.05) is 0 Å². The van der Waals surface area contributed by atoms with Crippen LogP contribution in [-0.2, 0) is 0 Å². The van der Waals surface area contributed by atoms with Gasteiger partial charge >= 0.3 is 0 Å². The van der Waals surface area contributed by atoms with E-state index in [1.807, 2.05) is 35.1 Å². The molecule has 2 heteroatoms. The topological polar surface area (TPSA) is 9.23 Å². The molecule has 0 atom stereocenters. The Morgan fingerprint density at radius 1 is 1.15 bits per heavy atom. The van der Waals surface area contributed by atoms with Gasteiger partial charge in [0.1, 0.15) is 5.75 Å². The van der Waals surface area contributed by atoms with Gasteiger partial charge < -0.3 is 3.07 Å². The van der Waals surface area contributed by atoms with Crippen LogP contribution in [0.15, 0.2) is 36.4 Å². The van der Waals surface area contributed by atoms with Gasteiger partial charge in [-0.2, -0.15) is 0 Å². The summed E-state index contributed by atoms with van der Waals surface area (Å²) in [6.45, 7) is 2.09. The average Bonchev–Trinajstić information content (AvgIpc) is 2.17. The molecule has 0 radical (unpaired) electrons. The zero-order valence-electron chi connectivity index (χ0n) is 7.25. The molecule has 0 bridgehead atoms. The predicted octanol–water partition coefficient (Wildman–Crippen LogP) is 3.88. The van der Waals surface area contributed by atoms with E-state index < -0.39 is 0 Å². The molecule has 2 rings (SSSR count). The lowest BCUT2D eigenvalue weighted by atomic mass is 10.1. The Morgan fingerprint density at radius 3 is 2.77 bits per heavy atom. The van der Waals surface area contributed by atoms with Gasteiger partial charge in [0.25, 0.3) is 0 Å². The molecule has 0 aliphatic rings. The summed E-state index contributed by atoms with van der Waals surface area (Å²) < 4.78 is 5.25. The van der Waals surface area contributed by atoms with E-state index in [1.54, 1.807) is 0 Å². The van der Waals surface area contributed by atoms with Crippen LogP contribution in [-0.4, -0.2) is 0 Å². The first-order valence-corrected chi connectivity index (χ1v) is 4.97. The van der Waals surface area contributed by atoms with Crippen LogP contribution in [0.1, 0.15) is 5.56 Å². The van der Waals surface area contributed by atoms with Crippen LogP contribution < -0.4 is 3.07 Å². The number of benzene rings is 2. The van der Waals surface area contributed by atoms with E-state index in [9.17, 15) is 0 Å². The van der Waals surface area contributed by atoms with E-state index in [4.69, 9.17) is 3.07 Å². The second-order valence-electron chi connectivity index (χ2n) is 3.06. The summed E-state index contributed by atoms with van der Waals surface area (Å²) in [6.07, 6.45) is 0. The third-order valence-corrected chi connectivity index (χ3v) is 2.56. The van der Waals surface area contributed by atoms with Crippen molar-refractivity contribution in [3.05, 3.63) is 42.0 Å². The molecule has 0 saturated heterocycles. The normalized spacial score (nSPS) is 10.3. The summed E-state index contributed by atoms with van der Waals surface area (Å²) in [6, 6.07) is 12.4. The molecule has 0 heterocycles. The molecular formula is C11H9IO.